The topological polar surface area (TPSA) is 21.3 Å². The molecule has 0 bridgehead atoms. The van der Waals surface area contributed by atoms with Crippen LogP contribution >= 0.6 is 23.2 Å². The molecule has 4 heteroatoms. The Balaban J connectivity index is 2.04. The maximum absolute atomic E-state index is 6.33. The molecule has 1 N–H and O–H groups in total. The fraction of sp³-hybridized carbons (Fsp3) is 0.625. The average Bonchev–Trinajstić information content (AvgIpc) is 2.46. The average molecular weight is 316 g/mol. The Hall–Kier alpha value is -0.280. The quantitative estimate of drug-likeness (QED) is 0.838. The van der Waals surface area contributed by atoms with E-state index in [4.69, 9.17) is 27.9 Å². The van der Waals surface area contributed by atoms with Gasteiger partial charge in [-0.1, -0.05) is 36.2 Å². The first-order valence-corrected chi connectivity index (χ1v) is 8.16. The van der Waals surface area contributed by atoms with Gasteiger partial charge < -0.3 is 10.1 Å². The fourth-order valence-electron chi connectivity index (χ4n) is 2.88. The largest absolute Gasteiger partial charge is 0.381 e. The molecule has 0 amide bonds. The van der Waals surface area contributed by atoms with Crippen molar-refractivity contribution >= 4 is 23.2 Å². The third kappa shape index (κ3) is 4.11. The van der Waals surface area contributed by atoms with Gasteiger partial charge in [0.2, 0.25) is 0 Å². The van der Waals surface area contributed by atoms with E-state index in [1.807, 2.05) is 18.2 Å². The van der Waals surface area contributed by atoms with E-state index in [2.05, 4.69) is 19.2 Å². The molecule has 1 fully saturated rings. The molecule has 0 spiro atoms. The van der Waals surface area contributed by atoms with Crippen LogP contribution in [-0.2, 0) is 4.74 Å². The van der Waals surface area contributed by atoms with Crippen LogP contribution in [0.4, 0.5) is 0 Å². The SMILES string of the molecule is CCC(NC(C)C1CCOCC1)c1ccc(Cl)cc1Cl. The van der Waals surface area contributed by atoms with Crippen LogP contribution in [0.15, 0.2) is 18.2 Å². The van der Waals surface area contributed by atoms with Gasteiger partial charge in [0.05, 0.1) is 0 Å². The maximum Gasteiger partial charge on any atom is 0.0469 e. The van der Waals surface area contributed by atoms with Gasteiger partial charge in [0, 0.05) is 35.3 Å². The molecule has 1 heterocycles. The van der Waals surface area contributed by atoms with Crippen LogP contribution in [-0.4, -0.2) is 19.3 Å². The van der Waals surface area contributed by atoms with Gasteiger partial charge in [-0.05, 0) is 49.8 Å². The summed E-state index contributed by atoms with van der Waals surface area (Å²) in [7, 11) is 0. The highest BCUT2D eigenvalue weighted by Crippen LogP contribution is 2.29. The first kappa shape index (κ1) is 16.1. The van der Waals surface area contributed by atoms with E-state index in [0.717, 1.165) is 43.1 Å². The summed E-state index contributed by atoms with van der Waals surface area (Å²) < 4.78 is 5.43. The Bertz CT molecular complexity index is 432. The van der Waals surface area contributed by atoms with Gasteiger partial charge in [-0.25, -0.2) is 0 Å². The molecule has 2 rings (SSSR count). The Morgan fingerprint density at radius 1 is 1.30 bits per heavy atom. The first-order valence-electron chi connectivity index (χ1n) is 7.40. The normalized spacial score (nSPS) is 19.8. The Morgan fingerprint density at radius 2 is 2.00 bits per heavy atom. The number of ether oxygens (including phenoxy) is 1. The molecule has 2 atom stereocenters. The first-order chi connectivity index (χ1) is 9.61. The van der Waals surface area contributed by atoms with E-state index in [0.29, 0.717) is 17.0 Å². The molecular formula is C16H23Cl2NO. The number of benzene rings is 1. The van der Waals surface area contributed by atoms with Gasteiger partial charge in [-0.15, -0.1) is 0 Å². The minimum absolute atomic E-state index is 0.276. The molecule has 1 aromatic carbocycles. The molecule has 2 unspecified atom stereocenters. The molecule has 1 aliphatic heterocycles. The van der Waals surface area contributed by atoms with Crippen molar-refractivity contribution in [2.45, 2.75) is 45.2 Å². The minimum Gasteiger partial charge on any atom is -0.381 e. The fourth-order valence-corrected chi connectivity index (χ4v) is 3.42. The molecule has 20 heavy (non-hydrogen) atoms. The van der Waals surface area contributed by atoms with E-state index >= 15 is 0 Å². The van der Waals surface area contributed by atoms with E-state index in [9.17, 15) is 0 Å². The summed E-state index contributed by atoms with van der Waals surface area (Å²) in [6, 6.07) is 6.50. The number of nitrogens with one attached hydrogen (secondary N) is 1. The Morgan fingerprint density at radius 3 is 2.60 bits per heavy atom. The number of hydrogen-bond acceptors (Lipinski definition) is 2. The van der Waals surface area contributed by atoms with E-state index in [-0.39, 0.29) is 6.04 Å². The third-order valence-corrected chi connectivity index (χ3v) is 4.75. The highest BCUT2D eigenvalue weighted by atomic mass is 35.5. The van der Waals surface area contributed by atoms with Crippen LogP contribution in [0.3, 0.4) is 0 Å². The molecule has 0 radical (unpaired) electrons. The standard InChI is InChI=1S/C16H23Cl2NO/c1-3-16(14-5-4-13(17)10-15(14)18)19-11(2)12-6-8-20-9-7-12/h4-5,10-12,16,19H,3,6-9H2,1-2H3. The number of rotatable bonds is 5. The second-order valence-electron chi connectivity index (χ2n) is 5.53. The van der Waals surface area contributed by atoms with Crippen molar-refractivity contribution < 1.29 is 4.74 Å². The summed E-state index contributed by atoms with van der Waals surface area (Å²) in [5.74, 6) is 0.684. The van der Waals surface area contributed by atoms with Crippen LogP contribution in [0.1, 0.15) is 44.7 Å². The van der Waals surface area contributed by atoms with Crippen LogP contribution < -0.4 is 5.32 Å². The monoisotopic (exact) mass is 315 g/mol. The molecule has 1 aliphatic rings. The summed E-state index contributed by atoms with van der Waals surface area (Å²) in [5, 5.41) is 5.16. The lowest BCUT2D eigenvalue weighted by molar-refractivity contribution is 0.0543. The zero-order valence-corrected chi connectivity index (χ0v) is 13.7. The number of halogens is 2. The minimum atomic E-state index is 0.276. The van der Waals surface area contributed by atoms with Gasteiger partial charge >= 0.3 is 0 Å². The van der Waals surface area contributed by atoms with Crippen molar-refractivity contribution in [3.05, 3.63) is 33.8 Å². The predicted molar refractivity (Wildman–Crippen MR) is 85.6 cm³/mol. The van der Waals surface area contributed by atoms with Crippen LogP contribution in [0, 0.1) is 5.92 Å². The van der Waals surface area contributed by atoms with Crippen molar-refractivity contribution in [1.29, 1.82) is 0 Å². The summed E-state index contributed by atoms with van der Waals surface area (Å²) in [6.07, 6.45) is 3.28. The van der Waals surface area contributed by atoms with Crippen LogP contribution in [0.2, 0.25) is 10.0 Å². The molecular weight excluding hydrogens is 293 g/mol. The lowest BCUT2D eigenvalue weighted by Gasteiger charge is -2.32. The Labute approximate surface area is 131 Å². The van der Waals surface area contributed by atoms with Gasteiger partial charge in [0.1, 0.15) is 0 Å². The van der Waals surface area contributed by atoms with E-state index < -0.39 is 0 Å². The van der Waals surface area contributed by atoms with Gasteiger partial charge in [0.25, 0.3) is 0 Å². The van der Waals surface area contributed by atoms with Crippen molar-refractivity contribution in [1.82, 2.24) is 5.32 Å². The van der Waals surface area contributed by atoms with Crippen LogP contribution in [0.5, 0.6) is 0 Å². The van der Waals surface area contributed by atoms with E-state index in [1.54, 1.807) is 0 Å². The summed E-state index contributed by atoms with van der Waals surface area (Å²) in [4.78, 5) is 0. The molecule has 0 aliphatic carbocycles. The number of hydrogen-bond donors (Lipinski definition) is 1. The molecule has 2 nitrogen and oxygen atoms in total. The van der Waals surface area contributed by atoms with Crippen molar-refractivity contribution in [3.8, 4) is 0 Å². The van der Waals surface area contributed by atoms with Gasteiger partial charge in [-0.2, -0.15) is 0 Å². The van der Waals surface area contributed by atoms with Crippen LogP contribution in [0.25, 0.3) is 0 Å². The third-order valence-electron chi connectivity index (χ3n) is 4.18. The zero-order valence-electron chi connectivity index (χ0n) is 12.2. The molecule has 1 aromatic rings. The molecule has 1 saturated heterocycles. The summed E-state index contributed by atoms with van der Waals surface area (Å²) >= 11 is 12.3. The van der Waals surface area contributed by atoms with Crippen molar-refractivity contribution in [2.24, 2.45) is 5.92 Å². The van der Waals surface area contributed by atoms with Gasteiger partial charge in [-0.3, -0.25) is 0 Å². The Kier molecular flexibility index (Phi) is 6.16. The lowest BCUT2D eigenvalue weighted by atomic mass is 9.91. The van der Waals surface area contributed by atoms with Gasteiger partial charge in [0.15, 0.2) is 0 Å². The summed E-state index contributed by atoms with van der Waals surface area (Å²) in [6.45, 7) is 6.21. The van der Waals surface area contributed by atoms with E-state index in [1.165, 1.54) is 0 Å². The second kappa shape index (κ2) is 7.65. The molecule has 0 aromatic heterocycles. The highest BCUT2D eigenvalue weighted by Gasteiger charge is 2.23. The smallest absolute Gasteiger partial charge is 0.0469 e. The zero-order chi connectivity index (χ0) is 14.5. The molecule has 112 valence electrons. The molecule has 0 saturated carbocycles. The highest BCUT2D eigenvalue weighted by molar-refractivity contribution is 6.35. The van der Waals surface area contributed by atoms with Crippen molar-refractivity contribution in [2.75, 3.05) is 13.2 Å². The maximum atomic E-state index is 6.33. The lowest BCUT2D eigenvalue weighted by Crippen LogP contribution is -2.38. The summed E-state index contributed by atoms with van der Waals surface area (Å²) in [5.41, 5.74) is 1.14. The predicted octanol–water partition coefficient (Wildman–Crippen LogP) is 4.85. The van der Waals surface area contributed by atoms with Crippen molar-refractivity contribution in [3.63, 3.8) is 0 Å². The second-order valence-corrected chi connectivity index (χ2v) is 6.38.